The summed E-state index contributed by atoms with van der Waals surface area (Å²) >= 11 is 5.78. The Morgan fingerprint density at radius 1 is 1.47 bits per heavy atom. The molecule has 0 saturated heterocycles. The van der Waals surface area contributed by atoms with Crippen molar-refractivity contribution in [1.82, 2.24) is 0 Å². The van der Waals surface area contributed by atoms with E-state index in [1.165, 1.54) is 12.1 Å². The van der Waals surface area contributed by atoms with Gasteiger partial charge in [-0.2, -0.15) is 8.42 Å². The summed E-state index contributed by atoms with van der Waals surface area (Å²) in [5.74, 6) is -0.186. The van der Waals surface area contributed by atoms with Gasteiger partial charge in [-0.3, -0.25) is 9.52 Å². The number of anilines is 2. The van der Waals surface area contributed by atoms with Gasteiger partial charge in [0.2, 0.25) is 5.91 Å². The fraction of sp³-hybridized carbons (Fsp3) is 0.222. The van der Waals surface area contributed by atoms with Crippen LogP contribution < -0.4 is 15.2 Å². The quantitative estimate of drug-likeness (QED) is 0.773. The lowest BCUT2D eigenvalue weighted by Crippen LogP contribution is -2.22. The molecule has 0 aromatic heterocycles. The van der Waals surface area contributed by atoms with Crippen LogP contribution >= 0.6 is 11.6 Å². The summed E-state index contributed by atoms with van der Waals surface area (Å²) in [5.41, 5.74) is 0.551. The van der Waals surface area contributed by atoms with Gasteiger partial charge in [0, 0.05) is 12.1 Å². The Morgan fingerprint density at radius 2 is 2.12 bits per heavy atom. The number of halogens is 1. The lowest BCUT2D eigenvalue weighted by Gasteiger charge is -2.09. The molecule has 0 fully saturated rings. The van der Waals surface area contributed by atoms with Gasteiger partial charge in [-0.1, -0.05) is 18.5 Å². The summed E-state index contributed by atoms with van der Waals surface area (Å²) in [4.78, 5) is 11.2. The molecule has 1 amide bonds. The third-order valence-corrected chi connectivity index (χ3v) is 2.66. The molecule has 0 unspecified atom stereocenters. The number of rotatable bonds is 4. The van der Waals surface area contributed by atoms with E-state index >= 15 is 0 Å². The van der Waals surface area contributed by atoms with Crippen LogP contribution in [0, 0.1) is 0 Å². The van der Waals surface area contributed by atoms with Crippen molar-refractivity contribution in [3.63, 3.8) is 0 Å². The topological polar surface area (TPSA) is 101 Å². The van der Waals surface area contributed by atoms with Crippen LogP contribution in [0.1, 0.15) is 13.3 Å². The van der Waals surface area contributed by atoms with Crippen molar-refractivity contribution in [3.05, 3.63) is 23.2 Å². The minimum absolute atomic E-state index is 0.114. The van der Waals surface area contributed by atoms with Gasteiger partial charge in [-0.25, -0.2) is 5.14 Å². The van der Waals surface area contributed by atoms with Crippen LogP contribution in [-0.2, 0) is 15.0 Å². The highest BCUT2D eigenvalue weighted by molar-refractivity contribution is 7.90. The summed E-state index contributed by atoms with van der Waals surface area (Å²) in [5, 5.41) is 7.59. The summed E-state index contributed by atoms with van der Waals surface area (Å²) < 4.78 is 23.8. The molecule has 6 nitrogen and oxygen atoms in total. The molecule has 0 aliphatic carbocycles. The smallest absolute Gasteiger partial charge is 0.296 e. The third-order valence-electron chi connectivity index (χ3n) is 1.82. The Kier molecular flexibility index (Phi) is 4.33. The molecule has 1 rings (SSSR count). The number of amides is 1. The van der Waals surface area contributed by atoms with Gasteiger partial charge in [-0.15, -0.1) is 0 Å². The second-order valence-corrected chi connectivity index (χ2v) is 4.94. The number of carbonyl (C=O) groups excluding carboxylic acids is 1. The van der Waals surface area contributed by atoms with Crippen LogP contribution in [0.2, 0.25) is 5.02 Å². The Labute approximate surface area is 104 Å². The first-order chi connectivity index (χ1) is 7.81. The summed E-state index contributed by atoms with van der Waals surface area (Å²) in [7, 11) is -3.90. The van der Waals surface area contributed by atoms with Gasteiger partial charge >= 0.3 is 0 Å². The maximum Gasteiger partial charge on any atom is 0.296 e. The van der Waals surface area contributed by atoms with Gasteiger partial charge in [0.25, 0.3) is 10.2 Å². The number of nitrogens with one attached hydrogen (secondary N) is 2. The van der Waals surface area contributed by atoms with E-state index < -0.39 is 10.2 Å². The number of carbonyl (C=O) groups is 1. The highest BCUT2D eigenvalue weighted by Crippen LogP contribution is 2.26. The second-order valence-electron chi connectivity index (χ2n) is 3.24. The van der Waals surface area contributed by atoms with E-state index in [4.69, 9.17) is 16.7 Å². The average molecular weight is 278 g/mol. The zero-order chi connectivity index (χ0) is 13.1. The molecule has 8 heteroatoms. The van der Waals surface area contributed by atoms with Gasteiger partial charge in [0.05, 0.1) is 10.7 Å². The molecule has 4 N–H and O–H groups in total. The first-order valence-corrected chi connectivity index (χ1v) is 6.64. The minimum atomic E-state index is -3.90. The number of nitrogens with two attached hydrogens (primary N) is 1. The Balaban J connectivity index is 2.98. The minimum Gasteiger partial charge on any atom is -0.326 e. The summed E-state index contributed by atoms with van der Waals surface area (Å²) in [6.45, 7) is 1.70. The van der Waals surface area contributed by atoms with Crippen LogP contribution in [0.5, 0.6) is 0 Å². The molecule has 0 saturated carbocycles. The van der Waals surface area contributed by atoms with Crippen molar-refractivity contribution in [2.75, 3.05) is 10.0 Å². The Bertz CT molecular complexity index is 530. The molecule has 0 aliphatic rings. The van der Waals surface area contributed by atoms with Crippen LogP contribution in [-0.4, -0.2) is 14.3 Å². The summed E-state index contributed by atoms with van der Waals surface area (Å²) in [6, 6.07) is 4.41. The van der Waals surface area contributed by atoms with Gasteiger partial charge in [0.15, 0.2) is 0 Å². The lowest BCUT2D eigenvalue weighted by molar-refractivity contribution is -0.115. The maximum atomic E-state index is 11.2. The lowest BCUT2D eigenvalue weighted by atomic mass is 10.2. The molecule has 0 spiro atoms. The van der Waals surface area contributed by atoms with Gasteiger partial charge in [0.1, 0.15) is 0 Å². The van der Waals surface area contributed by atoms with Gasteiger partial charge < -0.3 is 5.32 Å². The second kappa shape index (κ2) is 5.35. The molecule has 0 radical (unpaired) electrons. The van der Waals surface area contributed by atoms with Crippen molar-refractivity contribution in [2.45, 2.75) is 13.3 Å². The molecule has 94 valence electrons. The predicted molar refractivity (Wildman–Crippen MR) is 67.1 cm³/mol. The predicted octanol–water partition coefficient (Wildman–Crippen LogP) is 1.30. The molecule has 0 heterocycles. The molecule has 0 atom stereocenters. The van der Waals surface area contributed by atoms with E-state index in [-0.39, 0.29) is 16.6 Å². The monoisotopic (exact) mass is 277 g/mol. The first kappa shape index (κ1) is 13.8. The number of benzene rings is 1. The Hall–Kier alpha value is -1.31. The van der Waals surface area contributed by atoms with E-state index in [9.17, 15) is 13.2 Å². The van der Waals surface area contributed by atoms with Crippen LogP contribution in [0.4, 0.5) is 11.4 Å². The number of hydrogen-bond acceptors (Lipinski definition) is 3. The SMILES string of the molecule is CCC(=O)Nc1ccc(Cl)c(NS(N)(=O)=O)c1. The van der Waals surface area contributed by atoms with E-state index in [1.54, 1.807) is 13.0 Å². The molecule has 0 aliphatic heterocycles. The zero-order valence-corrected chi connectivity index (χ0v) is 10.6. The van der Waals surface area contributed by atoms with E-state index in [0.29, 0.717) is 12.1 Å². The maximum absolute atomic E-state index is 11.2. The first-order valence-electron chi connectivity index (χ1n) is 4.71. The van der Waals surface area contributed by atoms with Crippen LogP contribution in [0.3, 0.4) is 0 Å². The van der Waals surface area contributed by atoms with Crippen LogP contribution in [0.15, 0.2) is 18.2 Å². The van der Waals surface area contributed by atoms with E-state index in [1.807, 2.05) is 4.72 Å². The average Bonchev–Trinajstić information content (AvgIpc) is 2.21. The molecule has 1 aromatic carbocycles. The third kappa shape index (κ3) is 4.59. The van der Waals surface area contributed by atoms with Gasteiger partial charge in [-0.05, 0) is 18.2 Å². The van der Waals surface area contributed by atoms with Crippen molar-refractivity contribution >= 4 is 39.1 Å². The molecular formula is C9H12ClN3O3S. The molecule has 0 bridgehead atoms. The molecule has 1 aromatic rings. The van der Waals surface area contributed by atoms with Crippen molar-refractivity contribution in [2.24, 2.45) is 5.14 Å². The van der Waals surface area contributed by atoms with Crippen molar-refractivity contribution < 1.29 is 13.2 Å². The van der Waals surface area contributed by atoms with Crippen molar-refractivity contribution in [1.29, 1.82) is 0 Å². The fourth-order valence-electron chi connectivity index (χ4n) is 1.08. The fourth-order valence-corrected chi connectivity index (χ4v) is 1.78. The summed E-state index contributed by atoms with van der Waals surface area (Å²) in [6.07, 6.45) is 0.320. The highest BCUT2D eigenvalue weighted by Gasteiger charge is 2.08. The highest BCUT2D eigenvalue weighted by atomic mass is 35.5. The normalized spacial score (nSPS) is 11.0. The van der Waals surface area contributed by atoms with E-state index in [0.717, 1.165) is 0 Å². The Morgan fingerprint density at radius 3 is 2.65 bits per heavy atom. The molecular weight excluding hydrogens is 266 g/mol. The van der Waals surface area contributed by atoms with E-state index in [2.05, 4.69) is 5.32 Å². The van der Waals surface area contributed by atoms with Crippen molar-refractivity contribution in [3.8, 4) is 0 Å². The van der Waals surface area contributed by atoms with Crippen LogP contribution in [0.25, 0.3) is 0 Å². The molecule has 17 heavy (non-hydrogen) atoms. The zero-order valence-electron chi connectivity index (χ0n) is 9.03. The largest absolute Gasteiger partial charge is 0.326 e. The number of hydrogen-bond donors (Lipinski definition) is 3. The standard InChI is InChI=1S/C9H12ClN3O3S/c1-2-9(14)12-6-3-4-7(10)8(5-6)13-17(11,15)16/h3-5,13H,2H2,1H3,(H,12,14)(H2,11,15,16).